The highest BCUT2D eigenvalue weighted by Crippen LogP contribution is 2.45. The summed E-state index contributed by atoms with van der Waals surface area (Å²) in [5, 5.41) is 12.3. The normalized spacial score (nSPS) is 21.4. The number of hydrogen-bond acceptors (Lipinski definition) is 5. The van der Waals surface area contributed by atoms with Gasteiger partial charge in [0.05, 0.1) is 6.10 Å². The van der Waals surface area contributed by atoms with Gasteiger partial charge in [0.1, 0.15) is 5.82 Å². The molecular weight excluding hydrogens is 403 g/mol. The van der Waals surface area contributed by atoms with E-state index >= 15 is 0 Å². The SMILES string of the molecule is CC(=O)C(N)(C(=O)O)[C@@H]1O[C@@H](C(c2ccccc2F)C(C)C)c2ccccc2NC1=O. The molecule has 3 rings (SSSR count). The number of anilines is 1. The molecule has 1 amide bonds. The van der Waals surface area contributed by atoms with Gasteiger partial charge < -0.3 is 20.9 Å². The van der Waals surface area contributed by atoms with Crippen molar-refractivity contribution in [3.63, 3.8) is 0 Å². The number of nitrogens with one attached hydrogen (secondary N) is 1. The third-order valence-corrected chi connectivity index (χ3v) is 5.70. The fourth-order valence-corrected chi connectivity index (χ4v) is 4.00. The van der Waals surface area contributed by atoms with Crippen LogP contribution in [0.5, 0.6) is 0 Å². The zero-order chi connectivity index (χ0) is 22.9. The Labute approximate surface area is 179 Å². The number of carbonyl (C=O) groups excluding carboxylic acids is 2. The zero-order valence-electron chi connectivity index (χ0n) is 17.5. The summed E-state index contributed by atoms with van der Waals surface area (Å²) in [6, 6.07) is 13.0. The van der Waals surface area contributed by atoms with Crippen LogP contribution in [0, 0.1) is 11.7 Å². The summed E-state index contributed by atoms with van der Waals surface area (Å²) in [6.07, 6.45) is -2.77. The highest BCUT2D eigenvalue weighted by molar-refractivity contribution is 6.13. The number of ether oxygens (including phenoxy) is 1. The summed E-state index contributed by atoms with van der Waals surface area (Å²) in [7, 11) is 0. The van der Waals surface area contributed by atoms with Crippen LogP contribution in [-0.4, -0.2) is 34.4 Å². The first kappa shape index (κ1) is 22.6. The van der Waals surface area contributed by atoms with E-state index in [0.717, 1.165) is 6.92 Å². The van der Waals surface area contributed by atoms with Gasteiger partial charge in [-0.1, -0.05) is 50.2 Å². The van der Waals surface area contributed by atoms with E-state index in [1.165, 1.54) is 6.07 Å². The molecule has 2 unspecified atom stereocenters. The average molecular weight is 428 g/mol. The Morgan fingerprint density at radius 2 is 1.77 bits per heavy atom. The third kappa shape index (κ3) is 3.96. The second kappa shape index (κ2) is 8.56. The molecule has 1 aliphatic rings. The second-order valence-corrected chi connectivity index (χ2v) is 8.03. The Balaban J connectivity index is 2.22. The van der Waals surface area contributed by atoms with Gasteiger partial charge >= 0.3 is 5.97 Å². The van der Waals surface area contributed by atoms with Gasteiger partial charge in [-0.25, -0.2) is 9.18 Å². The Bertz CT molecular complexity index is 1010. The molecule has 0 radical (unpaired) electrons. The van der Waals surface area contributed by atoms with Crippen molar-refractivity contribution in [2.45, 2.75) is 44.4 Å². The molecule has 0 bridgehead atoms. The van der Waals surface area contributed by atoms with E-state index in [1.807, 2.05) is 13.8 Å². The zero-order valence-corrected chi connectivity index (χ0v) is 17.5. The summed E-state index contributed by atoms with van der Waals surface area (Å²) in [5.41, 5.74) is 4.62. The van der Waals surface area contributed by atoms with Crippen LogP contribution in [0.3, 0.4) is 0 Å². The molecule has 0 spiro atoms. The van der Waals surface area contributed by atoms with Crippen molar-refractivity contribution < 1.29 is 28.6 Å². The van der Waals surface area contributed by atoms with Crippen molar-refractivity contribution >= 4 is 23.3 Å². The largest absolute Gasteiger partial charge is 0.479 e. The third-order valence-electron chi connectivity index (χ3n) is 5.70. The average Bonchev–Trinajstić information content (AvgIpc) is 2.85. The van der Waals surface area contributed by atoms with E-state index < -0.39 is 47.1 Å². The number of rotatable bonds is 6. The number of nitrogens with two attached hydrogens (primary N) is 1. The second-order valence-electron chi connectivity index (χ2n) is 8.03. The van der Waals surface area contributed by atoms with Gasteiger partial charge in [-0.3, -0.25) is 9.59 Å². The lowest BCUT2D eigenvalue weighted by Gasteiger charge is -2.36. The van der Waals surface area contributed by atoms with Crippen molar-refractivity contribution in [2.24, 2.45) is 11.7 Å². The minimum absolute atomic E-state index is 0.168. The van der Waals surface area contributed by atoms with Crippen LogP contribution in [0.1, 0.15) is 43.9 Å². The number of benzene rings is 2. The summed E-state index contributed by atoms with van der Waals surface area (Å²) in [6.45, 7) is 4.74. The number of carboxylic acids is 1. The summed E-state index contributed by atoms with van der Waals surface area (Å²) in [5.74, 6) is -4.69. The molecule has 2 aromatic rings. The van der Waals surface area contributed by atoms with E-state index in [2.05, 4.69) is 5.32 Å². The first-order chi connectivity index (χ1) is 14.6. The number of carboxylic acid groups (broad SMARTS) is 1. The molecule has 0 aromatic heterocycles. The molecule has 2 aromatic carbocycles. The lowest BCUT2D eigenvalue weighted by atomic mass is 9.80. The number of Topliss-reactive ketones (excluding diaryl/α,β-unsaturated/α-hetero) is 1. The van der Waals surface area contributed by atoms with Crippen molar-refractivity contribution in [3.05, 3.63) is 65.5 Å². The van der Waals surface area contributed by atoms with Crippen LogP contribution < -0.4 is 11.1 Å². The quantitative estimate of drug-likeness (QED) is 0.609. The Morgan fingerprint density at radius 1 is 1.16 bits per heavy atom. The van der Waals surface area contributed by atoms with E-state index in [9.17, 15) is 23.9 Å². The first-order valence-electron chi connectivity index (χ1n) is 9.92. The van der Waals surface area contributed by atoms with Gasteiger partial charge in [0.15, 0.2) is 11.9 Å². The molecule has 0 aliphatic carbocycles. The maximum Gasteiger partial charge on any atom is 0.334 e. The van der Waals surface area contributed by atoms with Crippen LogP contribution >= 0.6 is 0 Å². The number of fused-ring (bicyclic) bond motifs is 1. The van der Waals surface area contributed by atoms with Crippen molar-refractivity contribution in [1.29, 1.82) is 0 Å². The Morgan fingerprint density at radius 3 is 2.35 bits per heavy atom. The molecule has 4 N–H and O–H groups in total. The maximum atomic E-state index is 14.8. The predicted octanol–water partition coefficient (Wildman–Crippen LogP) is 3.02. The van der Waals surface area contributed by atoms with E-state index in [1.54, 1.807) is 42.5 Å². The van der Waals surface area contributed by atoms with Crippen molar-refractivity contribution in [3.8, 4) is 0 Å². The number of aliphatic carboxylic acids is 1. The van der Waals surface area contributed by atoms with E-state index in [0.29, 0.717) is 16.8 Å². The molecule has 0 saturated heterocycles. The van der Waals surface area contributed by atoms with Gasteiger partial charge in [0.25, 0.3) is 5.91 Å². The van der Waals surface area contributed by atoms with Crippen LogP contribution in [0.25, 0.3) is 0 Å². The topological polar surface area (TPSA) is 119 Å². The van der Waals surface area contributed by atoms with Crippen molar-refractivity contribution in [2.75, 3.05) is 5.32 Å². The molecule has 1 aliphatic heterocycles. The Hall–Kier alpha value is -3.10. The van der Waals surface area contributed by atoms with Crippen LogP contribution in [-0.2, 0) is 19.1 Å². The van der Waals surface area contributed by atoms with E-state index in [4.69, 9.17) is 10.5 Å². The van der Waals surface area contributed by atoms with Gasteiger partial charge in [-0.2, -0.15) is 0 Å². The number of para-hydroxylation sites is 1. The van der Waals surface area contributed by atoms with Crippen LogP contribution in [0.2, 0.25) is 0 Å². The minimum Gasteiger partial charge on any atom is -0.479 e. The lowest BCUT2D eigenvalue weighted by molar-refractivity contribution is -0.164. The van der Waals surface area contributed by atoms with Gasteiger partial charge in [-0.05, 0) is 30.5 Å². The number of amides is 1. The summed E-state index contributed by atoms with van der Waals surface area (Å²) in [4.78, 5) is 37.2. The summed E-state index contributed by atoms with van der Waals surface area (Å²) < 4.78 is 20.9. The molecular formula is C23H25FN2O5. The lowest BCUT2D eigenvalue weighted by Crippen LogP contribution is -2.66. The Kier molecular flexibility index (Phi) is 6.24. The first-order valence-corrected chi connectivity index (χ1v) is 9.92. The van der Waals surface area contributed by atoms with Gasteiger partial charge in [-0.15, -0.1) is 0 Å². The monoisotopic (exact) mass is 428 g/mol. The predicted molar refractivity (Wildman–Crippen MR) is 112 cm³/mol. The number of ketones is 1. The smallest absolute Gasteiger partial charge is 0.334 e. The van der Waals surface area contributed by atoms with E-state index in [-0.39, 0.29) is 5.92 Å². The molecule has 0 saturated carbocycles. The van der Waals surface area contributed by atoms with Gasteiger partial charge in [0, 0.05) is 17.2 Å². The summed E-state index contributed by atoms with van der Waals surface area (Å²) >= 11 is 0. The van der Waals surface area contributed by atoms with Gasteiger partial charge in [0.2, 0.25) is 5.54 Å². The molecule has 8 heteroatoms. The molecule has 1 heterocycles. The molecule has 4 atom stereocenters. The standard InChI is InChI=1S/C23H25FN2O5/c1-12(2)18(14-8-4-6-10-16(14)24)19-15-9-5-7-11-17(15)26-21(28)20(31-19)23(25,13(3)27)22(29)30/h4-12,18-20H,25H2,1-3H3,(H,26,28)(H,29,30)/t18?,19-,20-,23?/m1/s1. The number of hydrogen-bond donors (Lipinski definition) is 3. The van der Waals surface area contributed by atoms with Crippen molar-refractivity contribution in [1.82, 2.24) is 0 Å². The number of carbonyl (C=O) groups is 3. The molecule has 7 nitrogen and oxygen atoms in total. The maximum absolute atomic E-state index is 14.8. The molecule has 164 valence electrons. The van der Waals surface area contributed by atoms with Crippen LogP contribution in [0.4, 0.5) is 10.1 Å². The fourth-order valence-electron chi connectivity index (χ4n) is 4.00. The molecule has 0 fully saturated rings. The highest BCUT2D eigenvalue weighted by atomic mass is 19.1. The molecule has 31 heavy (non-hydrogen) atoms. The highest BCUT2D eigenvalue weighted by Gasteiger charge is 2.54. The minimum atomic E-state index is -2.61. The van der Waals surface area contributed by atoms with Crippen LogP contribution in [0.15, 0.2) is 48.5 Å². The fraction of sp³-hybridized carbons (Fsp3) is 0.348. The number of halogens is 1.